The molecule has 0 bridgehead atoms. The molecule has 2 heterocycles. The molecule has 0 saturated carbocycles. The van der Waals surface area contributed by atoms with Crippen molar-refractivity contribution in [2.24, 2.45) is 0 Å². The maximum atomic E-state index is 12.3. The first-order chi connectivity index (χ1) is 13.1. The zero-order chi connectivity index (χ0) is 18.8. The quantitative estimate of drug-likeness (QED) is 0.421. The van der Waals surface area contributed by atoms with Gasteiger partial charge in [-0.15, -0.1) is 0 Å². The molecular weight excluding hydrogens is 387 g/mol. The van der Waals surface area contributed by atoms with E-state index >= 15 is 0 Å². The highest BCUT2D eigenvalue weighted by Gasteiger charge is 2.14. The summed E-state index contributed by atoms with van der Waals surface area (Å²) < 4.78 is 11.1. The average molecular weight is 399 g/mol. The Kier molecular flexibility index (Phi) is 4.79. The van der Waals surface area contributed by atoms with Gasteiger partial charge in [-0.05, 0) is 48.5 Å². The van der Waals surface area contributed by atoms with Crippen LogP contribution in [-0.2, 0) is 11.3 Å². The third-order valence-corrected chi connectivity index (χ3v) is 4.25. The Morgan fingerprint density at radius 2 is 1.85 bits per heavy atom. The van der Waals surface area contributed by atoms with E-state index < -0.39 is 5.97 Å². The first-order valence-corrected chi connectivity index (χ1v) is 8.78. The summed E-state index contributed by atoms with van der Waals surface area (Å²) in [5.41, 5.74) is 2.77. The molecule has 0 aliphatic rings. The van der Waals surface area contributed by atoms with Crippen LogP contribution in [0.5, 0.6) is 0 Å². The van der Waals surface area contributed by atoms with E-state index in [-0.39, 0.29) is 6.61 Å². The molecular formula is C20H12Cl2N2O3. The molecule has 7 heteroatoms. The minimum Gasteiger partial charge on any atom is -0.456 e. The molecule has 0 atom stereocenters. The number of carbonyl (C=O) groups is 1. The first kappa shape index (κ1) is 17.5. The normalized spacial score (nSPS) is 10.9. The highest BCUT2D eigenvalue weighted by Crippen LogP contribution is 2.29. The van der Waals surface area contributed by atoms with Crippen molar-refractivity contribution < 1.29 is 13.9 Å². The van der Waals surface area contributed by atoms with Crippen LogP contribution in [0.15, 0.2) is 65.2 Å². The van der Waals surface area contributed by atoms with Crippen LogP contribution < -0.4 is 0 Å². The molecule has 2 aromatic heterocycles. The maximum Gasteiger partial charge on any atom is 0.338 e. The number of benzene rings is 2. The number of hydrogen-bond donors (Lipinski definition) is 0. The van der Waals surface area contributed by atoms with Gasteiger partial charge in [0.1, 0.15) is 12.1 Å². The maximum absolute atomic E-state index is 12.3. The van der Waals surface area contributed by atoms with E-state index in [0.29, 0.717) is 43.9 Å². The molecule has 0 fully saturated rings. The van der Waals surface area contributed by atoms with Crippen LogP contribution in [0.1, 0.15) is 16.1 Å². The van der Waals surface area contributed by atoms with Crippen LogP contribution in [0.2, 0.25) is 10.0 Å². The fourth-order valence-corrected chi connectivity index (χ4v) is 3.08. The second-order valence-electron chi connectivity index (χ2n) is 5.76. The van der Waals surface area contributed by atoms with Gasteiger partial charge in [-0.3, -0.25) is 4.98 Å². The van der Waals surface area contributed by atoms with Gasteiger partial charge >= 0.3 is 5.97 Å². The van der Waals surface area contributed by atoms with Crippen LogP contribution in [0.25, 0.3) is 22.6 Å². The van der Waals surface area contributed by atoms with E-state index in [9.17, 15) is 4.79 Å². The van der Waals surface area contributed by atoms with Crippen molar-refractivity contribution in [3.8, 4) is 11.5 Å². The highest BCUT2D eigenvalue weighted by atomic mass is 35.5. The van der Waals surface area contributed by atoms with Gasteiger partial charge in [-0.25, -0.2) is 9.78 Å². The van der Waals surface area contributed by atoms with E-state index in [4.69, 9.17) is 32.4 Å². The fourth-order valence-electron chi connectivity index (χ4n) is 2.56. The van der Waals surface area contributed by atoms with Crippen molar-refractivity contribution in [2.45, 2.75) is 6.61 Å². The van der Waals surface area contributed by atoms with E-state index in [1.54, 1.807) is 54.7 Å². The third kappa shape index (κ3) is 3.94. The summed E-state index contributed by atoms with van der Waals surface area (Å²) in [6, 6.07) is 15.4. The number of oxazole rings is 1. The molecule has 0 saturated heterocycles. The van der Waals surface area contributed by atoms with Crippen molar-refractivity contribution in [3.05, 3.63) is 82.1 Å². The largest absolute Gasteiger partial charge is 0.456 e. The number of carbonyl (C=O) groups excluding carboxylic acids is 1. The summed E-state index contributed by atoms with van der Waals surface area (Å²) in [6.07, 6.45) is 1.65. The van der Waals surface area contributed by atoms with E-state index in [1.165, 1.54) is 0 Å². The minimum atomic E-state index is -0.466. The number of esters is 1. The summed E-state index contributed by atoms with van der Waals surface area (Å²) in [6.45, 7) is 0.0976. The predicted molar refractivity (Wildman–Crippen MR) is 103 cm³/mol. The Bertz CT molecular complexity index is 1110. The molecule has 5 nitrogen and oxygen atoms in total. The zero-order valence-electron chi connectivity index (χ0n) is 13.9. The number of halogens is 2. The number of hydrogen-bond acceptors (Lipinski definition) is 5. The van der Waals surface area contributed by atoms with Crippen molar-refractivity contribution in [1.29, 1.82) is 0 Å². The number of fused-ring (bicyclic) bond motifs is 1. The molecule has 0 radical (unpaired) electrons. The number of nitrogens with zero attached hydrogens (tertiary/aromatic N) is 2. The summed E-state index contributed by atoms with van der Waals surface area (Å²) in [7, 11) is 0. The van der Waals surface area contributed by atoms with Gasteiger partial charge in [-0.2, -0.15) is 0 Å². The summed E-state index contributed by atoms with van der Waals surface area (Å²) in [4.78, 5) is 20.8. The third-order valence-electron chi connectivity index (χ3n) is 3.81. The molecule has 4 rings (SSSR count). The van der Waals surface area contributed by atoms with Crippen LogP contribution >= 0.6 is 23.2 Å². The lowest BCUT2D eigenvalue weighted by molar-refractivity contribution is 0.0468. The Balaban J connectivity index is 1.58. The van der Waals surface area contributed by atoms with E-state index in [0.717, 1.165) is 0 Å². The van der Waals surface area contributed by atoms with Gasteiger partial charge in [0.05, 0.1) is 11.3 Å². The van der Waals surface area contributed by atoms with Crippen molar-refractivity contribution >= 4 is 40.3 Å². The summed E-state index contributed by atoms with van der Waals surface area (Å²) in [5, 5.41) is 0.970. The molecule has 4 aromatic rings. The van der Waals surface area contributed by atoms with Crippen molar-refractivity contribution in [3.63, 3.8) is 0 Å². The second kappa shape index (κ2) is 7.39. The van der Waals surface area contributed by atoms with Gasteiger partial charge < -0.3 is 9.15 Å². The van der Waals surface area contributed by atoms with Gasteiger partial charge in [0, 0.05) is 21.8 Å². The lowest BCUT2D eigenvalue weighted by atomic mass is 10.2. The predicted octanol–water partition coefficient (Wildman–Crippen LogP) is 5.55. The Labute approximate surface area is 164 Å². The smallest absolute Gasteiger partial charge is 0.338 e. The van der Waals surface area contributed by atoms with Gasteiger partial charge in [-0.1, -0.05) is 29.3 Å². The molecule has 0 N–H and O–H groups in total. The summed E-state index contributed by atoms with van der Waals surface area (Å²) >= 11 is 12.1. The van der Waals surface area contributed by atoms with Crippen LogP contribution in [0, 0.1) is 0 Å². The van der Waals surface area contributed by atoms with Gasteiger partial charge in [0.2, 0.25) is 5.89 Å². The lowest BCUT2D eigenvalue weighted by Crippen LogP contribution is -2.05. The van der Waals surface area contributed by atoms with Gasteiger partial charge in [0.25, 0.3) is 0 Å². The topological polar surface area (TPSA) is 65.2 Å². The molecule has 0 aliphatic carbocycles. The second-order valence-corrected chi connectivity index (χ2v) is 6.63. The van der Waals surface area contributed by atoms with E-state index in [2.05, 4.69) is 9.97 Å². The van der Waals surface area contributed by atoms with Crippen LogP contribution in [-0.4, -0.2) is 15.9 Å². The SMILES string of the molecule is O=C(OCc1ccccn1)c1ccc2nc(-c3cc(Cl)cc(Cl)c3)oc2c1. The number of pyridine rings is 1. The van der Waals surface area contributed by atoms with Crippen molar-refractivity contribution in [1.82, 2.24) is 9.97 Å². The Morgan fingerprint density at radius 1 is 1.04 bits per heavy atom. The van der Waals surface area contributed by atoms with Crippen molar-refractivity contribution in [2.75, 3.05) is 0 Å². The standard InChI is InChI=1S/C20H12Cl2N2O3/c21-14-7-13(8-15(22)10-14)19-24-17-5-4-12(9-18(17)27-19)20(25)26-11-16-3-1-2-6-23-16/h1-10H,11H2. The minimum absolute atomic E-state index is 0.0976. The average Bonchev–Trinajstić information content (AvgIpc) is 3.09. The molecule has 0 spiro atoms. The lowest BCUT2D eigenvalue weighted by Gasteiger charge is -2.03. The monoisotopic (exact) mass is 398 g/mol. The zero-order valence-corrected chi connectivity index (χ0v) is 15.4. The molecule has 2 aromatic carbocycles. The Hall–Kier alpha value is -2.89. The molecule has 0 aliphatic heterocycles. The molecule has 0 unspecified atom stereocenters. The number of aromatic nitrogens is 2. The van der Waals surface area contributed by atoms with Crippen LogP contribution in [0.3, 0.4) is 0 Å². The van der Waals surface area contributed by atoms with Gasteiger partial charge in [0.15, 0.2) is 5.58 Å². The number of ether oxygens (including phenoxy) is 1. The van der Waals surface area contributed by atoms with Crippen LogP contribution in [0.4, 0.5) is 0 Å². The number of rotatable bonds is 4. The Morgan fingerprint density at radius 3 is 2.59 bits per heavy atom. The highest BCUT2D eigenvalue weighted by molar-refractivity contribution is 6.35. The van der Waals surface area contributed by atoms with E-state index in [1.807, 2.05) is 6.07 Å². The first-order valence-electron chi connectivity index (χ1n) is 8.02. The molecule has 27 heavy (non-hydrogen) atoms. The fraction of sp³-hybridized carbons (Fsp3) is 0.0500. The summed E-state index contributed by atoms with van der Waals surface area (Å²) in [5.74, 6) is -0.0975. The molecule has 134 valence electrons. The molecule has 0 amide bonds.